The summed E-state index contributed by atoms with van der Waals surface area (Å²) in [6.45, 7) is 12.4. The van der Waals surface area contributed by atoms with E-state index in [9.17, 15) is 14.9 Å². The zero-order valence-electron chi connectivity index (χ0n) is 25.2. The van der Waals surface area contributed by atoms with Crippen molar-refractivity contribution >= 4 is 11.8 Å². The van der Waals surface area contributed by atoms with Crippen LogP contribution < -0.4 is 4.74 Å². The van der Waals surface area contributed by atoms with Crippen LogP contribution in [0.2, 0.25) is 0 Å². The summed E-state index contributed by atoms with van der Waals surface area (Å²) in [6.07, 6.45) is 14.9. The summed E-state index contributed by atoms with van der Waals surface area (Å²) in [7, 11) is 0. The van der Waals surface area contributed by atoms with Gasteiger partial charge in [0.25, 0.3) is 5.69 Å². The molecule has 0 radical (unpaired) electrons. The van der Waals surface area contributed by atoms with Crippen LogP contribution in [0.25, 0.3) is 0 Å². The van der Waals surface area contributed by atoms with Gasteiger partial charge in [-0.1, -0.05) is 71.6 Å². The van der Waals surface area contributed by atoms with Crippen molar-refractivity contribution in [3.8, 4) is 5.75 Å². The molecule has 3 saturated carbocycles. The minimum absolute atomic E-state index is 0.113. The number of fused-ring (bicyclic) bond motifs is 5. The molecule has 4 aliphatic rings. The van der Waals surface area contributed by atoms with Gasteiger partial charge in [-0.3, -0.25) is 10.1 Å². The van der Waals surface area contributed by atoms with Gasteiger partial charge in [0.05, 0.1) is 11.0 Å². The lowest BCUT2D eigenvalue weighted by molar-refractivity contribution is -0.384. The van der Waals surface area contributed by atoms with E-state index in [1.54, 1.807) is 0 Å². The Hall–Kier alpha value is -2.37. The third-order valence-electron chi connectivity index (χ3n) is 11.8. The third kappa shape index (κ3) is 5.56. The van der Waals surface area contributed by atoms with Gasteiger partial charge in [-0.2, -0.15) is 0 Å². The van der Waals surface area contributed by atoms with Crippen LogP contribution in [-0.2, 0) is 4.74 Å². The van der Waals surface area contributed by atoms with Gasteiger partial charge in [-0.05, 0) is 97.3 Å². The van der Waals surface area contributed by atoms with Crippen molar-refractivity contribution in [2.45, 2.75) is 111 Å². The van der Waals surface area contributed by atoms with Crippen LogP contribution >= 0.6 is 0 Å². The number of nitro benzene ring substituents is 1. The van der Waals surface area contributed by atoms with Gasteiger partial charge in [-0.25, -0.2) is 4.79 Å². The molecular weight excluding hydrogens is 502 g/mol. The molecule has 6 nitrogen and oxygen atoms in total. The maximum absolute atomic E-state index is 12.5. The standard InChI is InChI=1S/C34H49NO5/c1-22(2)8-6-9-23(3)29-14-15-30-28-13-12-24-20-27(16-18-33(24,4)31(28)17-19-34(29,30)5)40-32(36)39-26-11-7-10-25(21-26)35(37)38/h7,10-12,21-23,27-31H,6,8-9,13-20H2,1-5H3/t23-,27-,28+,29-,30+,31+,33-,34-/m0/s1. The molecule has 0 unspecified atom stereocenters. The van der Waals surface area contributed by atoms with Crippen molar-refractivity contribution in [3.05, 3.63) is 46.0 Å². The maximum Gasteiger partial charge on any atom is 0.514 e. The van der Waals surface area contributed by atoms with Crippen LogP contribution in [0.1, 0.15) is 105 Å². The smallest absolute Gasteiger partial charge is 0.430 e. The topological polar surface area (TPSA) is 78.7 Å². The van der Waals surface area contributed by atoms with E-state index in [2.05, 4.69) is 40.7 Å². The number of carbonyl (C=O) groups is 1. The van der Waals surface area contributed by atoms with Gasteiger partial charge in [-0.15, -0.1) is 0 Å². The molecule has 0 heterocycles. The summed E-state index contributed by atoms with van der Waals surface area (Å²) >= 11 is 0. The lowest BCUT2D eigenvalue weighted by Gasteiger charge is -2.58. The fraction of sp³-hybridized carbons (Fsp3) is 0.735. The Labute approximate surface area is 240 Å². The first-order valence-corrected chi connectivity index (χ1v) is 15.8. The number of carbonyl (C=O) groups excluding carboxylic acids is 1. The molecule has 0 amide bonds. The molecule has 0 spiro atoms. The first-order chi connectivity index (χ1) is 19.0. The highest BCUT2D eigenvalue weighted by atomic mass is 16.7. The molecule has 0 aliphatic heterocycles. The van der Waals surface area contributed by atoms with E-state index in [1.807, 2.05) is 0 Å². The Morgan fingerprint density at radius 2 is 1.88 bits per heavy atom. The Bertz CT molecular complexity index is 1130. The predicted molar refractivity (Wildman–Crippen MR) is 157 cm³/mol. The number of nitro groups is 1. The van der Waals surface area contributed by atoms with Gasteiger partial charge < -0.3 is 9.47 Å². The lowest BCUT2D eigenvalue weighted by Crippen LogP contribution is -2.51. The normalized spacial score (nSPS) is 35.6. The Morgan fingerprint density at radius 3 is 2.62 bits per heavy atom. The summed E-state index contributed by atoms with van der Waals surface area (Å²) in [5.41, 5.74) is 2.03. The number of hydrogen-bond donors (Lipinski definition) is 0. The Morgan fingerprint density at radius 1 is 1.07 bits per heavy atom. The largest absolute Gasteiger partial charge is 0.514 e. The fourth-order valence-corrected chi connectivity index (χ4v) is 9.67. The molecule has 0 N–H and O–H groups in total. The average Bonchev–Trinajstić information content (AvgIpc) is 3.26. The molecule has 3 fully saturated rings. The maximum atomic E-state index is 12.5. The molecule has 0 saturated heterocycles. The van der Waals surface area contributed by atoms with Crippen molar-refractivity contribution in [2.24, 2.45) is 46.3 Å². The second kappa shape index (κ2) is 11.5. The lowest BCUT2D eigenvalue weighted by atomic mass is 9.47. The first kappa shape index (κ1) is 29.1. The third-order valence-corrected chi connectivity index (χ3v) is 11.8. The van der Waals surface area contributed by atoms with Crippen LogP contribution in [0.3, 0.4) is 0 Å². The van der Waals surface area contributed by atoms with Crippen LogP contribution in [0.5, 0.6) is 5.75 Å². The SMILES string of the molecule is CC(C)CCC[C@H](C)[C@@H]1CC[C@@H]2[C@H]3CC=C4C[C@@H](OC(=O)Oc5cccc([N+](=O)[O-])c5)CC[C@]4(C)[C@@H]3CC[C@]21C. The first-order valence-electron chi connectivity index (χ1n) is 15.8. The van der Waals surface area contributed by atoms with Gasteiger partial charge in [0, 0.05) is 12.5 Å². The van der Waals surface area contributed by atoms with Gasteiger partial charge >= 0.3 is 6.16 Å². The van der Waals surface area contributed by atoms with E-state index in [0.29, 0.717) is 5.41 Å². The molecule has 8 atom stereocenters. The van der Waals surface area contributed by atoms with Gasteiger partial charge in [0.2, 0.25) is 0 Å². The van der Waals surface area contributed by atoms with E-state index >= 15 is 0 Å². The number of allylic oxidation sites excluding steroid dienone is 1. The zero-order valence-corrected chi connectivity index (χ0v) is 25.2. The number of ether oxygens (including phenoxy) is 2. The van der Waals surface area contributed by atoms with Crippen molar-refractivity contribution < 1.29 is 19.2 Å². The summed E-state index contributed by atoms with van der Waals surface area (Å²) in [4.78, 5) is 23.1. The molecule has 5 rings (SSSR count). The second-order valence-electron chi connectivity index (χ2n) is 14.4. The highest BCUT2D eigenvalue weighted by Gasteiger charge is 2.59. The van der Waals surface area contributed by atoms with E-state index in [1.165, 1.54) is 74.8 Å². The van der Waals surface area contributed by atoms with Crippen LogP contribution in [0.15, 0.2) is 35.9 Å². The van der Waals surface area contributed by atoms with E-state index in [0.717, 1.165) is 61.2 Å². The van der Waals surface area contributed by atoms with Crippen molar-refractivity contribution in [3.63, 3.8) is 0 Å². The molecule has 1 aromatic rings. The highest BCUT2D eigenvalue weighted by Crippen LogP contribution is 2.67. The molecule has 0 aromatic heterocycles. The van der Waals surface area contributed by atoms with E-state index in [4.69, 9.17) is 9.47 Å². The Balaban J connectivity index is 1.21. The molecule has 4 aliphatic carbocycles. The summed E-state index contributed by atoms with van der Waals surface area (Å²) in [6, 6.07) is 5.66. The number of rotatable bonds is 8. The van der Waals surface area contributed by atoms with Crippen molar-refractivity contribution in [2.75, 3.05) is 0 Å². The number of nitrogens with zero attached hydrogens (tertiary/aromatic N) is 1. The molecule has 6 heteroatoms. The minimum Gasteiger partial charge on any atom is -0.430 e. The van der Waals surface area contributed by atoms with Crippen LogP contribution in [0, 0.1) is 56.5 Å². The minimum atomic E-state index is -0.781. The highest BCUT2D eigenvalue weighted by molar-refractivity contribution is 5.64. The Kier molecular flexibility index (Phi) is 8.37. The summed E-state index contributed by atoms with van der Waals surface area (Å²) in [5, 5.41) is 11.0. The molecular formula is C34H49NO5. The fourth-order valence-electron chi connectivity index (χ4n) is 9.67. The molecule has 40 heavy (non-hydrogen) atoms. The summed E-state index contributed by atoms with van der Waals surface area (Å²) in [5.74, 6) is 4.95. The number of hydrogen-bond acceptors (Lipinski definition) is 5. The monoisotopic (exact) mass is 551 g/mol. The predicted octanol–water partition coefficient (Wildman–Crippen LogP) is 9.52. The molecule has 220 valence electrons. The van der Waals surface area contributed by atoms with Crippen LogP contribution in [-0.4, -0.2) is 17.2 Å². The average molecular weight is 552 g/mol. The number of non-ortho nitro benzene ring substituents is 1. The second-order valence-corrected chi connectivity index (χ2v) is 14.4. The number of benzene rings is 1. The zero-order chi connectivity index (χ0) is 28.7. The van der Waals surface area contributed by atoms with Crippen molar-refractivity contribution in [1.82, 2.24) is 0 Å². The van der Waals surface area contributed by atoms with Gasteiger partial charge in [0.15, 0.2) is 0 Å². The van der Waals surface area contributed by atoms with E-state index < -0.39 is 11.1 Å². The van der Waals surface area contributed by atoms with Crippen LogP contribution in [0.4, 0.5) is 10.5 Å². The molecule has 0 bridgehead atoms. The van der Waals surface area contributed by atoms with E-state index in [-0.39, 0.29) is 23.0 Å². The van der Waals surface area contributed by atoms with Crippen molar-refractivity contribution in [1.29, 1.82) is 0 Å². The molecule has 1 aromatic carbocycles. The quantitative estimate of drug-likeness (QED) is 0.106. The summed E-state index contributed by atoms with van der Waals surface area (Å²) < 4.78 is 11.0. The van der Waals surface area contributed by atoms with Gasteiger partial charge in [0.1, 0.15) is 11.9 Å².